The van der Waals surface area contributed by atoms with E-state index in [4.69, 9.17) is 0 Å². The van der Waals surface area contributed by atoms with E-state index in [9.17, 15) is 9.59 Å². The number of hydrogen-bond acceptors (Lipinski definition) is 3. The lowest BCUT2D eigenvalue weighted by Gasteiger charge is -1.88. The Morgan fingerprint density at radius 1 is 1.38 bits per heavy atom. The molecular weight excluding hydrogens is 323 g/mol. The Bertz CT molecular complexity index is 518. The van der Waals surface area contributed by atoms with Crippen LogP contribution in [0.5, 0.6) is 0 Å². The summed E-state index contributed by atoms with van der Waals surface area (Å²) in [5, 5.41) is 0. The zero-order chi connectivity index (χ0) is 12.0. The summed E-state index contributed by atoms with van der Waals surface area (Å²) in [4.78, 5) is 25.3. The van der Waals surface area contributed by atoms with Gasteiger partial charge in [-0.05, 0) is 47.7 Å². The van der Waals surface area contributed by atoms with Gasteiger partial charge in [0.1, 0.15) is 0 Å². The lowest BCUT2D eigenvalue weighted by Crippen LogP contribution is -1.99. The molecule has 2 aromatic rings. The third-order valence-electron chi connectivity index (χ3n) is 1.71. The summed E-state index contributed by atoms with van der Waals surface area (Å²) >= 11 is 2.20. The second-order valence-electron chi connectivity index (χ2n) is 2.82. The van der Waals surface area contributed by atoms with Gasteiger partial charge in [-0.3, -0.25) is 4.79 Å². The molecule has 0 saturated heterocycles. The Balaban J connectivity index is 0.000000221. The van der Waals surface area contributed by atoms with E-state index in [1.54, 1.807) is 6.92 Å². The van der Waals surface area contributed by atoms with Crippen LogP contribution in [0.3, 0.4) is 0 Å². The third kappa shape index (κ3) is 3.69. The molecule has 0 amide bonds. The maximum atomic E-state index is 10.8. The molecule has 0 aliphatic carbocycles. The molecule has 16 heavy (non-hydrogen) atoms. The van der Waals surface area contributed by atoms with Crippen molar-refractivity contribution in [1.82, 2.24) is 9.97 Å². The topological polar surface area (TPSA) is 75.0 Å². The fraction of sp³-hybridized carbons (Fsp3) is 0.200. The van der Waals surface area contributed by atoms with Crippen molar-refractivity contribution in [1.29, 1.82) is 0 Å². The number of rotatable bonds is 2. The molecule has 0 bridgehead atoms. The van der Waals surface area contributed by atoms with Crippen LogP contribution in [-0.2, 0) is 9.53 Å². The molecule has 1 aromatic heterocycles. The average molecular weight is 334 g/mol. The van der Waals surface area contributed by atoms with Gasteiger partial charge in [0, 0.05) is 3.57 Å². The first-order chi connectivity index (χ1) is 7.67. The third-order valence-corrected chi connectivity index (χ3v) is 2.38. The van der Waals surface area contributed by atoms with Crippen molar-refractivity contribution in [3.8, 4) is 0 Å². The lowest BCUT2D eigenvalue weighted by atomic mass is 10.3. The van der Waals surface area contributed by atoms with Crippen molar-refractivity contribution in [2.45, 2.75) is 6.92 Å². The number of nitrogens with one attached hydrogen (secondary N) is 2. The van der Waals surface area contributed by atoms with Crippen LogP contribution in [0.25, 0.3) is 11.0 Å². The largest absolute Gasteiger partial charge is 0.468 e. The minimum atomic E-state index is -0.151. The molecule has 1 heterocycles. The van der Waals surface area contributed by atoms with Crippen LogP contribution in [0.1, 0.15) is 6.92 Å². The highest BCUT2D eigenvalue weighted by Gasteiger charge is 1.96. The van der Waals surface area contributed by atoms with Crippen molar-refractivity contribution in [2.24, 2.45) is 0 Å². The van der Waals surface area contributed by atoms with Crippen LogP contribution in [0, 0.1) is 3.57 Å². The number of halogens is 1. The van der Waals surface area contributed by atoms with Crippen molar-refractivity contribution in [3.05, 3.63) is 32.3 Å². The van der Waals surface area contributed by atoms with E-state index in [2.05, 4.69) is 37.3 Å². The highest BCUT2D eigenvalue weighted by Crippen LogP contribution is 2.11. The molecule has 0 spiro atoms. The SMILES string of the molecule is CCOC=O.O=c1[nH]c2ccc(I)cc2[nH]1. The van der Waals surface area contributed by atoms with E-state index in [1.165, 1.54) is 0 Å². The summed E-state index contributed by atoms with van der Waals surface area (Å²) in [5.74, 6) is 0. The van der Waals surface area contributed by atoms with Crippen molar-refractivity contribution in [2.75, 3.05) is 6.61 Å². The van der Waals surface area contributed by atoms with Gasteiger partial charge in [0.15, 0.2) is 0 Å². The van der Waals surface area contributed by atoms with Crippen LogP contribution >= 0.6 is 22.6 Å². The van der Waals surface area contributed by atoms with Crippen LogP contribution in [-0.4, -0.2) is 23.0 Å². The van der Waals surface area contributed by atoms with Crippen molar-refractivity contribution < 1.29 is 9.53 Å². The Morgan fingerprint density at radius 3 is 2.62 bits per heavy atom. The Morgan fingerprint density at radius 2 is 2.06 bits per heavy atom. The normalized spacial score (nSPS) is 9.38. The molecule has 0 radical (unpaired) electrons. The van der Waals surface area contributed by atoms with E-state index in [0.717, 1.165) is 14.6 Å². The maximum absolute atomic E-state index is 10.8. The fourth-order valence-corrected chi connectivity index (χ4v) is 1.56. The van der Waals surface area contributed by atoms with Gasteiger partial charge >= 0.3 is 5.69 Å². The number of aromatic amines is 2. The number of imidazole rings is 1. The molecular formula is C10H11IN2O3. The van der Waals surface area contributed by atoms with Crippen molar-refractivity contribution >= 4 is 40.1 Å². The molecule has 2 N–H and O–H groups in total. The summed E-state index contributed by atoms with van der Waals surface area (Å²) in [6, 6.07) is 5.76. The number of hydrogen-bond donors (Lipinski definition) is 2. The summed E-state index contributed by atoms with van der Waals surface area (Å²) in [6.45, 7) is 2.66. The molecule has 0 aliphatic heterocycles. The molecule has 0 atom stereocenters. The van der Waals surface area contributed by atoms with E-state index in [0.29, 0.717) is 13.1 Å². The fourth-order valence-electron chi connectivity index (χ4n) is 1.07. The molecule has 2 rings (SSSR count). The number of carbonyl (C=O) groups excluding carboxylic acids is 1. The van der Waals surface area contributed by atoms with E-state index >= 15 is 0 Å². The van der Waals surface area contributed by atoms with Crippen LogP contribution in [0.2, 0.25) is 0 Å². The first kappa shape index (κ1) is 12.8. The van der Waals surface area contributed by atoms with Crippen LogP contribution < -0.4 is 5.69 Å². The summed E-state index contributed by atoms with van der Waals surface area (Å²) in [5.41, 5.74) is 1.57. The second-order valence-corrected chi connectivity index (χ2v) is 4.07. The van der Waals surface area contributed by atoms with Crippen molar-refractivity contribution in [3.63, 3.8) is 0 Å². The van der Waals surface area contributed by atoms with Crippen LogP contribution in [0.15, 0.2) is 23.0 Å². The number of carbonyl (C=O) groups is 1. The molecule has 5 nitrogen and oxygen atoms in total. The number of aromatic nitrogens is 2. The monoisotopic (exact) mass is 334 g/mol. The first-order valence-corrected chi connectivity index (χ1v) is 5.68. The van der Waals surface area contributed by atoms with Gasteiger partial charge < -0.3 is 14.7 Å². The molecule has 86 valence electrons. The predicted octanol–water partition coefficient (Wildman–Crippen LogP) is 1.64. The zero-order valence-electron chi connectivity index (χ0n) is 8.62. The highest BCUT2D eigenvalue weighted by atomic mass is 127. The van der Waals surface area contributed by atoms with Gasteiger partial charge in [0.25, 0.3) is 6.47 Å². The molecule has 0 fully saturated rings. The quantitative estimate of drug-likeness (QED) is 0.648. The highest BCUT2D eigenvalue weighted by molar-refractivity contribution is 14.1. The number of benzene rings is 1. The molecule has 0 unspecified atom stereocenters. The standard InChI is InChI=1S/C7H5IN2O.C3H6O2/c8-4-1-2-5-6(3-4)10-7(11)9-5;1-2-5-3-4/h1-3H,(H2,9,10,11);3H,2H2,1H3. The maximum Gasteiger partial charge on any atom is 0.323 e. The Labute approximate surface area is 105 Å². The minimum Gasteiger partial charge on any atom is -0.468 e. The lowest BCUT2D eigenvalue weighted by molar-refractivity contribution is -0.128. The van der Waals surface area contributed by atoms with E-state index in [-0.39, 0.29) is 5.69 Å². The first-order valence-electron chi connectivity index (χ1n) is 4.60. The number of ether oxygens (including phenoxy) is 1. The van der Waals surface area contributed by atoms with Gasteiger partial charge in [0.2, 0.25) is 0 Å². The van der Waals surface area contributed by atoms with Gasteiger partial charge in [-0.1, -0.05) is 0 Å². The van der Waals surface area contributed by atoms with Gasteiger partial charge in [0.05, 0.1) is 17.6 Å². The average Bonchev–Trinajstić information content (AvgIpc) is 2.59. The van der Waals surface area contributed by atoms with E-state index in [1.807, 2.05) is 18.2 Å². The smallest absolute Gasteiger partial charge is 0.323 e. The predicted molar refractivity (Wildman–Crippen MR) is 69.3 cm³/mol. The number of fused-ring (bicyclic) bond motifs is 1. The summed E-state index contributed by atoms with van der Waals surface area (Å²) < 4.78 is 5.27. The van der Waals surface area contributed by atoms with Gasteiger partial charge in [-0.25, -0.2) is 4.79 Å². The summed E-state index contributed by atoms with van der Waals surface area (Å²) in [6.07, 6.45) is 0. The second kappa shape index (κ2) is 6.31. The molecule has 1 aromatic carbocycles. The Kier molecular flexibility index (Phi) is 5.03. The van der Waals surface area contributed by atoms with E-state index < -0.39 is 0 Å². The van der Waals surface area contributed by atoms with Gasteiger partial charge in [-0.15, -0.1) is 0 Å². The summed E-state index contributed by atoms with van der Waals surface area (Å²) in [7, 11) is 0. The Hall–Kier alpha value is -1.31. The molecule has 0 saturated carbocycles. The van der Waals surface area contributed by atoms with Crippen LogP contribution in [0.4, 0.5) is 0 Å². The minimum absolute atomic E-state index is 0.151. The molecule has 0 aliphatic rings. The zero-order valence-corrected chi connectivity index (χ0v) is 10.8. The number of H-pyrrole nitrogens is 2. The van der Waals surface area contributed by atoms with Gasteiger partial charge in [-0.2, -0.15) is 0 Å². The molecule has 6 heteroatoms.